The lowest BCUT2D eigenvalue weighted by atomic mass is 10.1. The number of hydrogen-bond donors (Lipinski definition) is 1. The summed E-state index contributed by atoms with van der Waals surface area (Å²) < 4.78 is 2.45. The first kappa shape index (κ1) is 18.9. The highest BCUT2D eigenvalue weighted by atomic mass is 35.5. The molecule has 0 spiro atoms. The number of aryl methyl sites for hydroxylation is 2. The van der Waals surface area contributed by atoms with Crippen LogP contribution >= 0.6 is 34.7 Å². The van der Waals surface area contributed by atoms with Gasteiger partial charge in [-0.05, 0) is 25.2 Å². The van der Waals surface area contributed by atoms with Crippen molar-refractivity contribution in [3.63, 3.8) is 0 Å². The van der Waals surface area contributed by atoms with Crippen molar-refractivity contribution < 1.29 is 4.79 Å². The molecule has 26 heavy (non-hydrogen) atoms. The van der Waals surface area contributed by atoms with E-state index in [1.165, 1.54) is 16.9 Å². The smallest absolute Gasteiger partial charge is 0.262 e. The Balaban J connectivity index is 1.77. The van der Waals surface area contributed by atoms with Crippen LogP contribution < -0.4 is 5.32 Å². The first-order chi connectivity index (χ1) is 12.5. The van der Waals surface area contributed by atoms with Crippen LogP contribution in [0.5, 0.6) is 0 Å². The van der Waals surface area contributed by atoms with E-state index >= 15 is 0 Å². The normalized spacial score (nSPS) is 10.9. The van der Waals surface area contributed by atoms with Crippen LogP contribution in [0.1, 0.15) is 34.1 Å². The van der Waals surface area contributed by atoms with Gasteiger partial charge in [0.2, 0.25) is 5.13 Å². The van der Waals surface area contributed by atoms with E-state index in [0.29, 0.717) is 28.1 Å². The molecule has 2 heterocycles. The molecule has 1 amide bonds. The van der Waals surface area contributed by atoms with Gasteiger partial charge in [0.25, 0.3) is 5.91 Å². The molecule has 0 aliphatic heterocycles. The molecule has 6 nitrogen and oxygen atoms in total. The van der Waals surface area contributed by atoms with Crippen LogP contribution in [0.15, 0.2) is 28.6 Å². The summed E-state index contributed by atoms with van der Waals surface area (Å²) in [7, 11) is 0. The van der Waals surface area contributed by atoms with Crippen LogP contribution in [0.3, 0.4) is 0 Å². The summed E-state index contributed by atoms with van der Waals surface area (Å²) in [5.41, 5.74) is 3.19. The summed E-state index contributed by atoms with van der Waals surface area (Å²) in [5, 5.41) is 16.0. The van der Waals surface area contributed by atoms with Crippen LogP contribution in [0.2, 0.25) is 5.15 Å². The first-order valence-electron chi connectivity index (χ1n) is 8.04. The maximum absolute atomic E-state index is 12.6. The number of aromatic nitrogens is 4. The van der Waals surface area contributed by atoms with Crippen LogP contribution in [-0.4, -0.2) is 31.6 Å². The fraction of sp³-hybridized carbons (Fsp3) is 0.294. The number of carbonyl (C=O) groups excluding carboxylic acids is 1. The Morgan fingerprint density at radius 1 is 1.27 bits per heavy atom. The van der Waals surface area contributed by atoms with Gasteiger partial charge in [-0.1, -0.05) is 71.5 Å². The maximum Gasteiger partial charge on any atom is 0.262 e. The Morgan fingerprint density at radius 2 is 2.00 bits per heavy atom. The number of halogens is 1. The number of hydrogen-bond acceptors (Lipinski definition) is 6. The molecule has 0 saturated heterocycles. The molecule has 0 aliphatic rings. The van der Waals surface area contributed by atoms with Crippen LogP contribution in [-0.2, 0) is 6.54 Å². The van der Waals surface area contributed by atoms with Crippen LogP contribution in [0.25, 0.3) is 0 Å². The number of carbonyl (C=O) groups is 1. The van der Waals surface area contributed by atoms with Gasteiger partial charge in [0.15, 0.2) is 4.34 Å². The highest BCUT2D eigenvalue weighted by Crippen LogP contribution is 2.27. The fourth-order valence-corrected chi connectivity index (χ4v) is 4.35. The predicted octanol–water partition coefficient (Wildman–Crippen LogP) is 4.42. The summed E-state index contributed by atoms with van der Waals surface area (Å²) in [6.07, 6.45) is 0. The first-order valence-corrected chi connectivity index (χ1v) is 10.2. The van der Waals surface area contributed by atoms with Crippen molar-refractivity contribution in [3.05, 3.63) is 51.8 Å². The largest absolute Gasteiger partial charge is 0.296 e. The third-order valence-corrected chi connectivity index (χ3v) is 5.88. The molecule has 0 atom stereocenters. The highest BCUT2D eigenvalue weighted by Gasteiger charge is 2.21. The number of nitrogens with one attached hydrogen (secondary N) is 1. The number of rotatable bonds is 6. The number of thioether (sulfide) groups is 1. The Morgan fingerprint density at radius 3 is 2.69 bits per heavy atom. The number of anilines is 1. The van der Waals surface area contributed by atoms with E-state index < -0.39 is 0 Å². The molecule has 9 heteroatoms. The van der Waals surface area contributed by atoms with E-state index in [1.54, 1.807) is 23.4 Å². The van der Waals surface area contributed by atoms with Crippen molar-refractivity contribution in [2.24, 2.45) is 0 Å². The minimum Gasteiger partial charge on any atom is -0.296 e. The van der Waals surface area contributed by atoms with E-state index in [9.17, 15) is 4.79 Å². The van der Waals surface area contributed by atoms with E-state index in [0.717, 1.165) is 15.7 Å². The van der Waals surface area contributed by atoms with E-state index in [1.807, 2.05) is 38.1 Å². The minimum atomic E-state index is -0.327. The summed E-state index contributed by atoms with van der Waals surface area (Å²) in [4.78, 5) is 12.6. The van der Waals surface area contributed by atoms with Gasteiger partial charge < -0.3 is 0 Å². The Kier molecular flexibility index (Phi) is 5.95. The highest BCUT2D eigenvalue weighted by molar-refractivity contribution is 8.01. The van der Waals surface area contributed by atoms with Crippen molar-refractivity contribution >= 4 is 45.7 Å². The third kappa shape index (κ3) is 4.25. The van der Waals surface area contributed by atoms with Crippen molar-refractivity contribution in [1.29, 1.82) is 0 Å². The second kappa shape index (κ2) is 8.20. The number of benzene rings is 1. The molecule has 0 fully saturated rings. The zero-order valence-corrected chi connectivity index (χ0v) is 17.0. The molecule has 0 bridgehead atoms. The van der Waals surface area contributed by atoms with E-state index in [4.69, 9.17) is 11.6 Å². The second-order valence-electron chi connectivity index (χ2n) is 5.65. The average molecular weight is 408 g/mol. The molecular weight excluding hydrogens is 390 g/mol. The number of nitrogens with zero attached hydrogens (tertiary/aromatic N) is 4. The molecule has 0 radical (unpaired) electrons. The standard InChI is InChI=1S/C17H18ClN5OS2/c1-4-25-17-21-20-16(26-17)19-15(24)13-11(3)22-23(14(13)18)9-12-7-5-10(2)6-8-12/h5-8H,4,9H2,1-3H3,(H,19,20,24). The van der Waals surface area contributed by atoms with Gasteiger partial charge in [-0.3, -0.25) is 10.1 Å². The predicted molar refractivity (Wildman–Crippen MR) is 107 cm³/mol. The second-order valence-corrected chi connectivity index (χ2v) is 8.50. The van der Waals surface area contributed by atoms with E-state index in [-0.39, 0.29) is 5.91 Å². The summed E-state index contributed by atoms with van der Waals surface area (Å²) in [6, 6.07) is 8.12. The Hall–Kier alpha value is -1.90. The Labute approximate surface area is 165 Å². The van der Waals surface area contributed by atoms with Crippen molar-refractivity contribution in [2.75, 3.05) is 11.1 Å². The van der Waals surface area contributed by atoms with Gasteiger partial charge in [-0.2, -0.15) is 5.10 Å². The molecular formula is C17H18ClN5OS2. The lowest BCUT2D eigenvalue weighted by Gasteiger charge is -2.05. The molecule has 0 aliphatic carbocycles. The summed E-state index contributed by atoms with van der Waals surface area (Å²) >= 11 is 9.35. The Bertz CT molecular complexity index is 920. The topological polar surface area (TPSA) is 72.7 Å². The van der Waals surface area contributed by atoms with Gasteiger partial charge in [0.05, 0.1) is 17.8 Å². The van der Waals surface area contributed by atoms with Gasteiger partial charge in [-0.15, -0.1) is 10.2 Å². The van der Waals surface area contributed by atoms with Crippen LogP contribution in [0.4, 0.5) is 5.13 Å². The van der Waals surface area contributed by atoms with Crippen molar-refractivity contribution in [3.8, 4) is 0 Å². The molecule has 1 N–H and O–H groups in total. The minimum absolute atomic E-state index is 0.313. The quantitative estimate of drug-likeness (QED) is 0.483. The van der Waals surface area contributed by atoms with Crippen molar-refractivity contribution in [1.82, 2.24) is 20.0 Å². The molecule has 3 rings (SSSR count). The SMILES string of the molecule is CCSc1nnc(NC(=O)c2c(C)nn(Cc3ccc(C)cc3)c2Cl)s1. The van der Waals surface area contributed by atoms with Crippen molar-refractivity contribution in [2.45, 2.75) is 31.7 Å². The maximum atomic E-state index is 12.6. The lowest BCUT2D eigenvalue weighted by molar-refractivity contribution is 0.102. The van der Waals surface area contributed by atoms with Crippen LogP contribution in [0, 0.1) is 13.8 Å². The zero-order valence-electron chi connectivity index (χ0n) is 14.6. The number of amides is 1. The molecule has 136 valence electrons. The van der Waals surface area contributed by atoms with Gasteiger partial charge in [0, 0.05) is 0 Å². The molecule has 1 aromatic carbocycles. The molecule has 3 aromatic rings. The summed E-state index contributed by atoms with van der Waals surface area (Å²) in [5.74, 6) is 0.575. The monoisotopic (exact) mass is 407 g/mol. The van der Waals surface area contributed by atoms with Gasteiger partial charge >= 0.3 is 0 Å². The molecule has 0 unspecified atom stereocenters. The van der Waals surface area contributed by atoms with E-state index in [2.05, 4.69) is 20.6 Å². The summed E-state index contributed by atoms with van der Waals surface area (Å²) in [6.45, 7) is 6.35. The molecule has 2 aromatic heterocycles. The molecule has 0 saturated carbocycles. The fourth-order valence-electron chi connectivity index (χ4n) is 2.38. The van der Waals surface area contributed by atoms with Gasteiger partial charge in [0.1, 0.15) is 5.15 Å². The zero-order chi connectivity index (χ0) is 18.7. The average Bonchev–Trinajstić information content (AvgIpc) is 3.14. The lowest BCUT2D eigenvalue weighted by Crippen LogP contribution is -2.13. The third-order valence-electron chi connectivity index (χ3n) is 3.64. The van der Waals surface area contributed by atoms with Gasteiger partial charge in [-0.25, -0.2) is 4.68 Å².